The molecule has 0 atom stereocenters. The molecule has 0 fully saturated rings. The molecule has 1 heterocycles. The minimum Gasteiger partial charge on any atom is -0.478 e. The fourth-order valence-electron chi connectivity index (χ4n) is 2.68. The Bertz CT molecular complexity index is 940. The maximum Gasteiger partial charge on any atom is 0.336 e. The van der Waals surface area contributed by atoms with E-state index in [1.54, 1.807) is 34.9 Å². The number of carboxylic acids is 1. The Hall–Kier alpha value is -3.14. The molecule has 2 aromatic carbocycles. The van der Waals surface area contributed by atoms with E-state index in [1.807, 2.05) is 43.5 Å². The SMILES string of the molecule is Cc1ccc(=O)n(Cc2ccc(-c3ccccc3C(=O)O)cc2)c1. The Kier molecular flexibility index (Phi) is 4.29. The number of carbonyl (C=O) groups is 1. The molecule has 0 aliphatic rings. The van der Waals surface area contributed by atoms with Crippen molar-refractivity contribution in [3.63, 3.8) is 0 Å². The largest absolute Gasteiger partial charge is 0.478 e. The van der Waals surface area contributed by atoms with E-state index in [0.717, 1.165) is 16.7 Å². The van der Waals surface area contributed by atoms with Crippen LogP contribution in [0.1, 0.15) is 21.5 Å². The van der Waals surface area contributed by atoms with E-state index < -0.39 is 5.97 Å². The molecular formula is C20H17NO3. The van der Waals surface area contributed by atoms with Crippen LogP contribution in [0.2, 0.25) is 0 Å². The molecule has 3 aromatic rings. The van der Waals surface area contributed by atoms with Gasteiger partial charge >= 0.3 is 5.97 Å². The molecule has 24 heavy (non-hydrogen) atoms. The molecule has 0 aliphatic carbocycles. The summed E-state index contributed by atoms with van der Waals surface area (Å²) in [5, 5.41) is 9.29. The molecule has 3 rings (SSSR count). The van der Waals surface area contributed by atoms with E-state index in [1.165, 1.54) is 0 Å². The number of benzene rings is 2. The summed E-state index contributed by atoms with van der Waals surface area (Å²) in [6, 6.07) is 17.9. The van der Waals surface area contributed by atoms with Crippen LogP contribution >= 0.6 is 0 Å². The summed E-state index contributed by atoms with van der Waals surface area (Å²) in [6.07, 6.45) is 1.83. The molecule has 0 amide bonds. The molecule has 0 unspecified atom stereocenters. The van der Waals surface area contributed by atoms with Gasteiger partial charge in [0.05, 0.1) is 12.1 Å². The highest BCUT2D eigenvalue weighted by Gasteiger charge is 2.10. The van der Waals surface area contributed by atoms with Gasteiger partial charge in [-0.05, 0) is 35.2 Å². The number of nitrogens with zero attached hydrogens (tertiary/aromatic N) is 1. The fraction of sp³-hybridized carbons (Fsp3) is 0.100. The van der Waals surface area contributed by atoms with Crippen molar-refractivity contribution >= 4 is 5.97 Å². The fourth-order valence-corrected chi connectivity index (χ4v) is 2.68. The molecule has 4 heteroatoms. The number of hydrogen-bond acceptors (Lipinski definition) is 2. The lowest BCUT2D eigenvalue weighted by Crippen LogP contribution is -2.19. The van der Waals surface area contributed by atoms with Gasteiger partial charge in [-0.25, -0.2) is 4.79 Å². The maximum absolute atomic E-state index is 11.9. The lowest BCUT2D eigenvalue weighted by molar-refractivity contribution is 0.0697. The van der Waals surface area contributed by atoms with Crippen LogP contribution in [0.5, 0.6) is 0 Å². The third kappa shape index (κ3) is 3.27. The third-order valence-electron chi connectivity index (χ3n) is 3.91. The molecule has 0 spiro atoms. The van der Waals surface area contributed by atoms with Gasteiger partial charge in [-0.2, -0.15) is 0 Å². The van der Waals surface area contributed by atoms with Crippen molar-refractivity contribution < 1.29 is 9.90 Å². The van der Waals surface area contributed by atoms with Crippen LogP contribution in [0.3, 0.4) is 0 Å². The monoisotopic (exact) mass is 319 g/mol. The van der Waals surface area contributed by atoms with Crippen molar-refractivity contribution in [2.45, 2.75) is 13.5 Å². The minimum atomic E-state index is -0.944. The summed E-state index contributed by atoms with van der Waals surface area (Å²) >= 11 is 0. The Morgan fingerprint density at radius 3 is 2.42 bits per heavy atom. The molecule has 4 nitrogen and oxygen atoms in total. The molecule has 1 aromatic heterocycles. The van der Waals surface area contributed by atoms with E-state index in [0.29, 0.717) is 12.1 Å². The van der Waals surface area contributed by atoms with Gasteiger partial charge in [0, 0.05) is 12.3 Å². The predicted octanol–water partition coefficient (Wildman–Crippen LogP) is 3.57. The lowest BCUT2D eigenvalue weighted by Gasteiger charge is -2.09. The second-order valence-electron chi connectivity index (χ2n) is 5.72. The maximum atomic E-state index is 11.9. The van der Waals surface area contributed by atoms with Crippen molar-refractivity contribution in [1.29, 1.82) is 0 Å². The number of aromatic carboxylic acids is 1. The van der Waals surface area contributed by atoms with Crippen LogP contribution in [-0.4, -0.2) is 15.6 Å². The highest BCUT2D eigenvalue weighted by Crippen LogP contribution is 2.24. The number of hydrogen-bond donors (Lipinski definition) is 1. The van der Waals surface area contributed by atoms with Crippen LogP contribution in [0.4, 0.5) is 0 Å². The zero-order chi connectivity index (χ0) is 17.1. The van der Waals surface area contributed by atoms with Crippen LogP contribution in [0.25, 0.3) is 11.1 Å². The number of carboxylic acid groups (broad SMARTS) is 1. The van der Waals surface area contributed by atoms with E-state index in [4.69, 9.17) is 0 Å². The highest BCUT2D eigenvalue weighted by molar-refractivity contribution is 5.95. The minimum absolute atomic E-state index is 0.0408. The first-order valence-electron chi connectivity index (χ1n) is 7.63. The summed E-state index contributed by atoms with van der Waals surface area (Å²) in [5.41, 5.74) is 3.78. The van der Waals surface area contributed by atoms with Gasteiger partial charge < -0.3 is 9.67 Å². The first-order valence-corrected chi connectivity index (χ1v) is 7.63. The summed E-state index contributed by atoms with van der Waals surface area (Å²) < 4.78 is 1.66. The summed E-state index contributed by atoms with van der Waals surface area (Å²) in [7, 11) is 0. The van der Waals surface area contributed by atoms with Crippen molar-refractivity contribution in [2.75, 3.05) is 0 Å². The van der Waals surface area contributed by atoms with Gasteiger partial charge in [-0.15, -0.1) is 0 Å². The smallest absolute Gasteiger partial charge is 0.336 e. The van der Waals surface area contributed by atoms with Crippen LogP contribution in [-0.2, 0) is 6.54 Å². The average molecular weight is 319 g/mol. The molecule has 120 valence electrons. The van der Waals surface area contributed by atoms with Crippen LogP contribution < -0.4 is 5.56 Å². The number of pyridine rings is 1. The first-order chi connectivity index (χ1) is 11.5. The van der Waals surface area contributed by atoms with Crippen LogP contribution in [0, 0.1) is 6.92 Å². The summed E-state index contributed by atoms with van der Waals surface area (Å²) in [6.45, 7) is 2.43. The molecule has 0 saturated carbocycles. The average Bonchev–Trinajstić information content (AvgIpc) is 2.59. The van der Waals surface area contributed by atoms with Crippen molar-refractivity contribution in [1.82, 2.24) is 4.57 Å². The molecule has 0 saturated heterocycles. The molecule has 0 aliphatic heterocycles. The van der Waals surface area contributed by atoms with Crippen molar-refractivity contribution in [2.24, 2.45) is 0 Å². The third-order valence-corrected chi connectivity index (χ3v) is 3.91. The van der Waals surface area contributed by atoms with E-state index >= 15 is 0 Å². The van der Waals surface area contributed by atoms with E-state index in [-0.39, 0.29) is 11.1 Å². The van der Waals surface area contributed by atoms with Crippen molar-refractivity contribution in [3.05, 3.63) is 93.9 Å². The van der Waals surface area contributed by atoms with Gasteiger partial charge in [-0.3, -0.25) is 4.79 Å². The zero-order valence-corrected chi connectivity index (χ0v) is 13.3. The van der Waals surface area contributed by atoms with Crippen LogP contribution in [0.15, 0.2) is 71.7 Å². The Balaban J connectivity index is 1.90. The standard InChI is InChI=1S/C20H17NO3/c1-14-6-11-19(22)21(12-14)13-15-7-9-16(10-8-15)17-4-2-3-5-18(17)20(23)24/h2-12H,13H2,1H3,(H,23,24). The summed E-state index contributed by atoms with van der Waals surface area (Å²) in [4.78, 5) is 23.2. The number of rotatable bonds is 4. The second kappa shape index (κ2) is 6.54. The summed E-state index contributed by atoms with van der Waals surface area (Å²) in [5.74, 6) is -0.944. The lowest BCUT2D eigenvalue weighted by atomic mass is 9.99. The molecule has 0 radical (unpaired) electrons. The number of aryl methyl sites for hydroxylation is 1. The molecular weight excluding hydrogens is 302 g/mol. The Labute approximate surface area is 139 Å². The topological polar surface area (TPSA) is 59.3 Å². The molecule has 1 N–H and O–H groups in total. The Morgan fingerprint density at radius 2 is 1.71 bits per heavy atom. The van der Waals surface area contributed by atoms with Gasteiger partial charge in [-0.1, -0.05) is 48.5 Å². The highest BCUT2D eigenvalue weighted by atomic mass is 16.4. The molecule has 0 bridgehead atoms. The van der Waals surface area contributed by atoms with Gasteiger partial charge in [0.25, 0.3) is 5.56 Å². The van der Waals surface area contributed by atoms with Gasteiger partial charge in [0.2, 0.25) is 0 Å². The number of aromatic nitrogens is 1. The quantitative estimate of drug-likeness (QED) is 0.800. The predicted molar refractivity (Wildman–Crippen MR) is 93.4 cm³/mol. The van der Waals surface area contributed by atoms with Gasteiger partial charge in [0.1, 0.15) is 0 Å². The zero-order valence-electron chi connectivity index (χ0n) is 13.3. The van der Waals surface area contributed by atoms with Crippen molar-refractivity contribution in [3.8, 4) is 11.1 Å². The van der Waals surface area contributed by atoms with E-state index in [2.05, 4.69) is 0 Å². The second-order valence-corrected chi connectivity index (χ2v) is 5.72. The normalized spacial score (nSPS) is 10.5. The van der Waals surface area contributed by atoms with Gasteiger partial charge in [0.15, 0.2) is 0 Å². The van der Waals surface area contributed by atoms with E-state index in [9.17, 15) is 14.7 Å². The Morgan fingerprint density at radius 1 is 1.00 bits per heavy atom. The first kappa shape index (κ1) is 15.7.